The second kappa shape index (κ2) is 17.0. The Kier molecular flexibility index (Phi) is 12.7. The Morgan fingerprint density at radius 2 is 1.80 bits per heavy atom. The number of aromatic carboxylic acids is 1. The Balaban J connectivity index is 1.39. The fraction of sp³-hybridized carbons (Fsp3) is 0.619. The van der Waals surface area contributed by atoms with Crippen LogP contribution in [0, 0.1) is 29.1 Å². The maximum Gasteiger partial charge on any atom is 0.427 e. The smallest absolute Gasteiger partial charge is 0.427 e. The van der Waals surface area contributed by atoms with Crippen molar-refractivity contribution < 1.29 is 64.9 Å². The SMILES string of the molecule is CC[C@@H]1C[C@H](C)CC/C=C\[C@@H]2C[C@@]2(C(=O)NS(=O)(=O)C2CC2)CC(=O)[C@@H]2C[C@@H](Oc3ncc(C(=O)O)c4cc(OC)ccc34)CN2C(=O)[C@H]1CC(=O)OC(C)(C)C(F)(F)F. The van der Waals surface area contributed by atoms with Crippen LogP contribution in [0.25, 0.3) is 10.8 Å². The monoisotopic (exact) mass is 863 g/mol. The molecular formula is C42H52F3N3O11S. The minimum absolute atomic E-state index is 0.00594. The number of carboxylic acid groups (broad SMARTS) is 1. The number of rotatable bonds is 11. The maximum atomic E-state index is 15.0. The van der Waals surface area contributed by atoms with Crippen LogP contribution < -0.4 is 14.2 Å². The van der Waals surface area contributed by atoms with Crippen molar-refractivity contribution in [3.05, 3.63) is 42.1 Å². The number of alkyl halides is 3. The third kappa shape index (κ3) is 9.42. The van der Waals surface area contributed by atoms with Crippen LogP contribution in [0.5, 0.6) is 11.6 Å². The number of carbonyl (C=O) groups is 5. The van der Waals surface area contributed by atoms with Gasteiger partial charge >= 0.3 is 18.1 Å². The molecule has 2 saturated carbocycles. The van der Waals surface area contributed by atoms with Crippen LogP contribution in [0.1, 0.15) is 102 Å². The van der Waals surface area contributed by atoms with Gasteiger partial charge in [-0.25, -0.2) is 18.2 Å². The van der Waals surface area contributed by atoms with Crippen LogP contribution >= 0.6 is 0 Å². The number of Topliss-reactive ketones (excluding diaryl/α,β-unsaturated/α-hetero) is 1. The molecule has 0 unspecified atom stereocenters. The Labute approximate surface area is 346 Å². The summed E-state index contributed by atoms with van der Waals surface area (Å²) in [5.74, 6) is -6.39. The van der Waals surface area contributed by atoms with Crippen molar-refractivity contribution in [3.63, 3.8) is 0 Å². The fourth-order valence-corrected chi connectivity index (χ4v) is 9.94. The van der Waals surface area contributed by atoms with E-state index in [4.69, 9.17) is 14.2 Å². The minimum atomic E-state index is -4.90. The summed E-state index contributed by atoms with van der Waals surface area (Å²) >= 11 is 0. The van der Waals surface area contributed by atoms with Gasteiger partial charge in [-0.2, -0.15) is 13.2 Å². The summed E-state index contributed by atoms with van der Waals surface area (Å²) in [4.78, 5) is 74.5. The lowest BCUT2D eigenvalue weighted by Crippen LogP contribution is -2.48. The molecule has 60 heavy (non-hydrogen) atoms. The van der Waals surface area contributed by atoms with E-state index in [1.54, 1.807) is 12.1 Å². The topological polar surface area (TPSA) is 196 Å². The Morgan fingerprint density at radius 1 is 1.08 bits per heavy atom. The number of amides is 2. The molecule has 14 nitrogen and oxygen atoms in total. The number of ketones is 1. The molecule has 6 rings (SSSR count). The number of aromatic nitrogens is 1. The number of allylic oxidation sites excluding steroid dienone is 2. The number of carboxylic acids is 1. The second-order valence-electron chi connectivity index (χ2n) is 17.3. The molecule has 0 bridgehead atoms. The number of ether oxygens (including phenoxy) is 3. The summed E-state index contributed by atoms with van der Waals surface area (Å²) in [6.45, 7) is 4.98. The number of halogens is 3. The Bertz CT molecular complexity index is 2170. The van der Waals surface area contributed by atoms with Gasteiger partial charge in [-0.15, -0.1) is 0 Å². The van der Waals surface area contributed by atoms with Crippen molar-refractivity contribution in [2.45, 2.75) is 121 Å². The highest BCUT2D eigenvalue weighted by Gasteiger charge is 2.62. The Hall–Kier alpha value is -4.74. The molecule has 3 fully saturated rings. The lowest BCUT2D eigenvalue weighted by atomic mass is 9.79. The number of pyridine rings is 1. The highest BCUT2D eigenvalue weighted by molar-refractivity contribution is 7.90. The molecule has 18 heteroatoms. The zero-order valence-corrected chi connectivity index (χ0v) is 35.1. The van der Waals surface area contributed by atoms with Gasteiger partial charge in [0.05, 0.1) is 48.3 Å². The first kappa shape index (κ1) is 44.8. The van der Waals surface area contributed by atoms with Crippen molar-refractivity contribution in [2.24, 2.45) is 29.1 Å². The van der Waals surface area contributed by atoms with Gasteiger partial charge in [0.15, 0.2) is 5.78 Å². The average Bonchev–Trinajstić information content (AvgIpc) is 4.10. The zero-order chi connectivity index (χ0) is 43.9. The lowest BCUT2D eigenvalue weighted by molar-refractivity contribution is -0.257. The number of nitrogens with one attached hydrogen (secondary N) is 1. The molecule has 2 N–H and O–H groups in total. The van der Waals surface area contributed by atoms with E-state index < -0.39 is 105 Å². The molecule has 2 aromatic rings. The first-order valence-corrected chi connectivity index (χ1v) is 21.9. The number of methoxy groups -OCH3 is 1. The van der Waals surface area contributed by atoms with E-state index in [0.29, 0.717) is 49.7 Å². The summed E-state index contributed by atoms with van der Waals surface area (Å²) in [7, 11) is -2.56. The predicted octanol–water partition coefficient (Wildman–Crippen LogP) is 6.16. The van der Waals surface area contributed by atoms with Gasteiger partial charge < -0.3 is 24.2 Å². The van der Waals surface area contributed by atoms with Gasteiger partial charge in [0.2, 0.25) is 33.3 Å². The van der Waals surface area contributed by atoms with Crippen LogP contribution in [0.4, 0.5) is 13.2 Å². The summed E-state index contributed by atoms with van der Waals surface area (Å²) in [5, 5.41) is 9.72. The number of sulfonamides is 1. The van der Waals surface area contributed by atoms with E-state index in [2.05, 4.69) is 9.71 Å². The molecule has 0 spiro atoms. The number of benzene rings is 1. The number of nitrogens with zero attached hydrogens (tertiary/aromatic N) is 2. The third-order valence-corrected chi connectivity index (χ3v) is 14.3. The average molecular weight is 864 g/mol. The van der Waals surface area contributed by atoms with Gasteiger partial charge in [-0.3, -0.25) is 23.9 Å². The first-order chi connectivity index (χ1) is 28.1. The normalized spacial score (nSPS) is 28.4. The van der Waals surface area contributed by atoms with Crippen LogP contribution in [-0.4, -0.2) is 95.8 Å². The number of esters is 1. The molecule has 0 radical (unpaired) electrons. The summed E-state index contributed by atoms with van der Waals surface area (Å²) in [6, 6.07) is 3.39. The molecule has 1 aromatic heterocycles. The van der Waals surface area contributed by atoms with E-state index >= 15 is 0 Å². The van der Waals surface area contributed by atoms with E-state index in [9.17, 15) is 50.7 Å². The molecule has 2 aliphatic heterocycles. The number of hydrogen-bond donors (Lipinski definition) is 2. The van der Waals surface area contributed by atoms with Gasteiger partial charge in [0.1, 0.15) is 11.9 Å². The van der Waals surface area contributed by atoms with Gasteiger partial charge in [-0.05, 0) is 88.3 Å². The molecular weight excluding hydrogens is 812 g/mol. The van der Waals surface area contributed by atoms with Crippen molar-refractivity contribution in [1.29, 1.82) is 0 Å². The first-order valence-electron chi connectivity index (χ1n) is 20.3. The zero-order valence-electron chi connectivity index (χ0n) is 34.2. The molecule has 4 aliphatic rings. The molecule has 2 aliphatic carbocycles. The van der Waals surface area contributed by atoms with Gasteiger partial charge in [0.25, 0.3) is 0 Å². The predicted molar refractivity (Wildman–Crippen MR) is 210 cm³/mol. The molecule has 328 valence electrons. The molecule has 2 amide bonds. The van der Waals surface area contributed by atoms with Gasteiger partial charge in [0, 0.05) is 29.8 Å². The summed E-state index contributed by atoms with van der Waals surface area (Å²) in [6.07, 6.45) is 0.738. The second-order valence-corrected chi connectivity index (χ2v) is 19.2. The molecule has 3 heterocycles. The van der Waals surface area contributed by atoms with Crippen LogP contribution in [0.15, 0.2) is 36.5 Å². The van der Waals surface area contributed by atoms with E-state index in [1.165, 1.54) is 18.1 Å². The van der Waals surface area contributed by atoms with Gasteiger partial charge in [-0.1, -0.05) is 32.4 Å². The standard InChI is InChI=1S/C42H52F3N3O11S/c1-6-24-15-23(2)9-7-8-10-25-19-41(25,39(54)47-60(55,56)28-12-13-28)20-34(49)33-17-27(22-48(33)37(51)30(24)18-35(50)59-40(3,4)42(43,44)45)58-36-29-14-11-26(57-5)16-31(29)32(21-46-36)38(52)53/h8,10-11,14,16,21,23-25,27-28,30,33H,6-7,9,12-13,15,17-20,22H2,1-5H3,(H,47,54)(H,52,53)/b10-8-/t23-,24-,25-,27-,30+,33+,41-/m1/s1. The van der Waals surface area contributed by atoms with Crippen molar-refractivity contribution >= 4 is 50.3 Å². The maximum absolute atomic E-state index is 15.0. The van der Waals surface area contributed by atoms with Crippen LogP contribution in [0.3, 0.4) is 0 Å². The van der Waals surface area contributed by atoms with Crippen LogP contribution in [-0.2, 0) is 33.9 Å². The van der Waals surface area contributed by atoms with E-state index in [1.807, 2.05) is 26.0 Å². The minimum Gasteiger partial charge on any atom is -0.497 e. The van der Waals surface area contributed by atoms with Crippen molar-refractivity contribution in [1.82, 2.24) is 14.6 Å². The Morgan fingerprint density at radius 3 is 2.43 bits per heavy atom. The largest absolute Gasteiger partial charge is 0.497 e. The lowest BCUT2D eigenvalue weighted by Gasteiger charge is -2.34. The highest BCUT2D eigenvalue weighted by atomic mass is 32.2. The third-order valence-electron chi connectivity index (χ3n) is 12.5. The molecule has 7 atom stereocenters. The van der Waals surface area contributed by atoms with Crippen LogP contribution in [0.2, 0.25) is 0 Å². The van der Waals surface area contributed by atoms with Crippen molar-refractivity contribution in [3.8, 4) is 11.6 Å². The summed E-state index contributed by atoms with van der Waals surface area (Å²) in [5.41, 5.74) is -4.40. The number of carbonyl (C=O) groups excluding carboxylic acids is 4. The fourth-order valence-electron chi connectivity index (χ4n) is 8.55. The number of hydrogen-bond acceptors (Lipinski definition) is 11. The number of fused-ring (bicyclic) bond motifs is 3. The highest BCUT2D eigenvalue weighted by Crippen LogP contribution is 2.57. The van der Waals surface area contributed by atoms with E-state index in [-0.39, 0.29) is 42.1 Å². The molecule has 1 saturated heterocycles. The quantitative estimate of drug-likeness (QED) is 0.193. The summed E-state index contributed by atoms with van der Waals surface area (Å²) < 4.78 is 86.2. The molecule has 1 aromatic carbocycles. The van der Waals surface area contributed by atoms with Crippen molar-refractivity contribution in [2.75, 3.05) is 13.7 Å². The van der Waals surface area contributed by atoms with E-state index in [0.717, 1.165) is 20.0 Å².